The van der Waals surface area contributed by atoms with Crippen LogP contribution in [0.25, 0.3) is 0 Å². The summed E-state index contributed by atoms with van der Waals surface area (Å²) in [6, 6.07) is 0. The Morgan fingerprint density at radius 2 is 1.53 bits per heavy atom. The van der Waals surface area contributed by atoms with E-state index >= 15 is 0 Å². The second-order valence-corrected chi connectivity index (χ2v) is 8.98. The summed E-state index contributed by atoms with van der Waals surface area (Å²) >= 11 is 0. The van der Waals surface area contributed by atoms with Gasteiger partial charge in [-0.05, 0) is 26.3 Å². The van der Waals surface area contributed by atoms with Crippen LogP contribution in [-0.4, -0.2) is 159 Å². The van der Waals surface area contributed by atoms with Gasteiger partial charge in [-0.15, -0.1) is 0 Å². The number of unbranched alkanes of at least 4 members (excludes halogenated alkanes) is 1. The second kappa shape index (κ2) is 15.1. The second-order valence-electron chi connectivity index (χ2n) is 8.98. The molecule has 2 heterocycles. The maximum atomic E-state index is 10.8. The Hall–Kier alpha value is -0.600. The first-order chi connectivity index (χ1) is 17.1. The molecule has 15 nitrogen and oxygen atoms in total. The van der Waals surface area contributed by atoms with Gasteiger partial charge in [-0.25, -0.2) is 0 Å². The minimum absolute atomic E-state index is 0.266. The Bertz CT molecular complexity index is 617. The first-order valence-corrected chi connectivity index (χ1v) is 11.9. The molecule has 0 spiro atoms. The van der Waals surface area contributed by atoms with Crippen LogP contribution in [0.15, 0.2) is 0 Å². The molecule has 0 amide bonds. The van der Waals surface area contributed by atoms with Crippen molar-refractivity contribution in [1.82, 2.24) is 0 Å². The van der Waals surface area contributed by atoms with Crippen molar-refractivity contribution in [3.05, 3.63) is 0 Å². The zero-order chi connectivity index (χ0) is 27.0. The monoisotopic (exact) mass is 531 g/mol. The van der Waals surface area contributed by atoms with E-state index in [-0.39, 0.29) is 13.2 Å². The van der Waals surface area contributed by atoms with Crippen LogP contribution < -0.4 is 5.73 Å². The van der Waals surface area contributed by atoms with Gasteiger partial charge in [0.05, 0.1) is 25.9 Å². The van der Waals surface area contributed by atoms with Crippen molar-refractivity contribution in [1.29, 1.82) is 0 Å². The summed E-state index contributed by atoms with van der Waals surface area (Å²) in [5.41, 5.74) is 5.41. The third-order valence-corrected chi connectivity index (χ3v) is 6.19. The van der Waals surface area contributed by atoms with Crippen molar-refractivity contribution in [3.63, 3.8) is 0 Å². The minimum atomic E-state index is -1.79. The van der Waals surface area contributed by atoms with Crippen molar-refractivity contribution >= 4 is 0 Å². The summed E-state index contributed by atoms with van der Waals surface area (Å²) in [4.78, 5) is 0. The van der Waals surface area contributed by atoms with E-state index in [0.29, 0.717) is 19.4 Å². The molecule has 0 radical (unpaired) electrons. The highest BCUT2D eigenvalue weighted by Gasteiger charge is 2.51. The van der Waals surface area contributed by atoms with E-state index in [9.17, 15) is 46.0 Å². The van der Waals surface area contributed by atoms with Crippen LogP contribution in [-0.2, 0) is 23.7 Å². The molecule has 0 saturated carbocycles. The lowest BCUT2D eigenvalue weighted by molar-refractivity contribution is -0.365. The third-order valence-electron chi connectivity index (χ3n) is 6.19. The lowest BCUT2D eigenvalue weighted by Gasteiger charge is -2.46. The van der Waals surface area contributed by atoms with Crippen LogP contribution in [0, 0.1) is 0 Å². The fraction of sp³-hybridized carbons (Fsp3) is 1.00. The van der Waals surface area contributed by atoms with Gasteiger partial charge < -0.3 is 75.4 Å². The fourth-order valence-corrected chi connectivity index (χ4v) is 3.95. The molecule has 0 bridgehead atoms. The number of rotatable bonds is 14. The number of aliphatic hydroxyl groups excluding tert-OH is 9. The van der Waals surface area contributed by atoms with Gasteiger partial charge in [0.25, 0.3) is 0 Å². The van der Waals surface area contributed by atoms with Crippen LogP contribution in [0.2, 0.25) is 0 Å². The number of nitrogens with two attached hydrogens (primary N) is 1. The Morgan fingerprint density at radius 3 is 2.14 bits per heavy atom. The van der Waals surface area contributed by atoms with E-state index in [1.165, 1.54) is 6.92 Å². The molecule has 0 unspecified atom stereocenters. The van der Waals surface area contributed by atoms with E-state index in [0.717, 1.165) is 0 Å². The van der Waals surface area contributed by atoms with Gasteiger partial charge in [0.2, 0.25) is 0 Å². The smallest absolute Gasteiger partial charge is 0.187 e. The van der Waals surface area contributed by atoms with Gasteiger partial charge >= 0.3 is 0 Å². The molecule has 214 valence electrons. The van der Waals surface area contributed by atoms with E-state index in [1.54, 1.807) is 0 Å². The highest BCUT2D eigenvalue weighted by molar-refractivity contribution is 4.94. The summed E-state index contributed by atoms with van der Waals surface area (Å²) in [5.74, 6) is 0. The lowest BCUT2D eigenvalue weighted by atomic mass is 9.97. The largest absolute Gasteiger partial charge is 0.394 e. The van der Waals surface area contributed by atoms with Gasteiger partial charge in [0.15, 0.2) is 12.6 Å². The Kier molecular flexibility index (Phi) is 13.3. The Balaban J connectivity index is 2.10. The number of hydrogen-bond acceptors (Lipinski definition) is 15. The van der Waals surface area contributed by atoms with Gasteiger partial charge in [-0.2, -0.15) is 0 Å². The average Bonchev–Trinajstić information content (AvgIpc) is 2.87. The van der Waals surface area contributed by atoms with Gasteiger partial charge in [-0.1, -0.05) is 0 Å². The lowest BCUT2D eigenvalue weighted by Crippen LogP contribution is -2.64. The quantitative estimate of drug-likeness (QED) is 0.0938. The molecule has 11 N–H and O–H groups in total. The van der Waals surface area contributed by atoms with Crippen molar-refractivity contribution < 1.29 is 69.6 Å². The minimum Gasteiger partial charge on any atom is -0.394 e. The first kappa shape index (κ1) is 31.6. The summed E-state index contributed by atoms with van der Waals surface area (Å²) < 4.78 is 27.2. The summed E-state index contributed by atoms with van der Waals surface area (Å²) in [7, 11) is 0. The van der Waals surface area contributed by atoms with Crippen LogP contribution in [0.3, 0.4) is 0 Å². The van der Waals surface area contributed by atoms with Gasteiger partial charge in [-0.3, -0.25) is 0 Å². The first-order valence-electron chi connectivity index (χ1n) is 11.9. The average molecular weight is 532 g/mol. The molecule has 0 aromatic rings. The number of aliphatic hydroxyl groups is 9. The molecule has 2 fully saturated rings. The zero-order valence-electron chi connectivity index (χ0n) is 20.1. The summed E-state index contributed by atoms with van der Waals surface area (Å²) in [5, 5.41) is 90.9. The Labute approximate surface area is 208 Å². The molecule has 2 saturated heterocycles. The number of hydrogen-bond donors (Lipinski definition) is 10. The summed E-state index contributed by atoms with van der Waals surface area (Å²) in [6.07, 6.45) is -18.6. The van der Waals surface area contributed by atoms with Crippen LogP contribution in [0.1, 0.15) is 19.8 Å². The zero-order valence-corrected chi connectivity index (χ0v) is 20.1. The van der Waals surface area contributed by atoms with Crippen molar-refractivity contribution in [2.75, 3.05) is 33.0 Å². The molecule has 36 heavy (non-hydrogen) atoms. The molecule has 15 heteroatoms. The predicted octanol–water partition coefficient (Wildman–Crippen LogP) is -5.51. The normalized spacial score (nSPS) is 40.1. The summed E-state index contributed by atoms with van der Waals surface area (Å²) in [6.45, 7) is 0.424. The van der Waals surface area contributed by atoms with Crippen molar-refractivity contribution in [3.8, 4) is 0 Å². The molecular formula is C21H41NO14. The van der Waals surface area contributed by atoms with Crippen molar-refractivity contribution in [2.45, 2.75) is 99.5 Å². The standard InChI is InChI=1S/C21H41NO14/c1-9-13(27)19(36-20-16(30)15(29)14(28)12(7-24)34-20)17(31)21(33-9)35-18(10(25)6-23)11(26)8-32-5-3-2-4-22/h9-21,23-31H,2-8,22H2,1H3/t9-,10+,11-,12+,13-,14+,15-,16+,17+,18+,19+,20+,21-/m0/s1. The fourth-order valence-electron chi connectivity index (χ4n) is 3.95. The topological polar surface area (TPSA) is 254 Å². The molecule has 13 atom stereocenters. The molecule has 0 aromatic heterocycles. The van der Waals surface area contributed by atoms with E-state index < -0.39 is 92.9 Å². The predicted molar refractivity (Wildman–Crippen MR) is 118 cm³/mol. The molecule has 2 aliphatic heterocycles. The van der Waals surface area contributed by atoms with Crippen molar-refractivity contribution in [2.24, 2.45) is 5.73 Å². The molecular weight excluding hydrogens is 490 g/mol. The molecule has 0 aliphatic carbocycles. The van der Waals surface area contributed by atoms with E-state index in [2.05, 4.69) is 0 Å². The third kappa shape index (κ3) is 7.95. The Morgan fingerprint density at radius 1 is 0.833 bits per heavy atom. The van der Waals surface area contributed by atoms with Gasteiger partial charge in [0, 0.05) is 6.61 Å². The van der Waals surface area contributed by atoms with E-state index in [1.807, 2.05) is 0 Å². The molecule has 0 aromatic carbocycles. The maximum absolute atomic E-state index is 10.8. The highest BCUT2D eigenvalue weighted by atomic mass is 16.7. The highest BCUT2D eigenvalue weighted by Crippen LogP contribution is 2.30. The van der Waals surface area contributed by atoms with Crippen LogP contribution in [0.5, 0.6) is 0 Å². The number of ether oxygens (including phenoxy) is 5. The van der Waals surface area contributed by atoms with E-state index in [4.69, 9.17) is 29.4 Å². The van der Waals surface area contributed by atoms with Gasteiger partial charge in [0.1, 0.15) is 61.0 Å². The molecule has 2 rings (SSSR count). The van der Waals surface area contributed by atoms with Crippen LogP contribution in [0.4, 0.5) is 0 Å². The van der Waals surface area contributed by atoms with Crippen LogP contribution >= 0.6 is 0 Å². The maximum Gasteiger partial charge on any atom is 0.187 e. The SMILES string of the molecule is C[C@@H]1O[C@@H](O[C@H]([C@H](O)CO)[C@@H](O)COCCCCN)[C@H](O)[C@H](O[C@H]2O[C@H](CO)[C@@H](O)[C@H](O)[C@H]2O)[C@H]1O. The molecule has 2 aliphatic rings.